The molecule has 0 aliphatic heterocycles. The summed E-state index contributed by atoms with van der Waals surface area (Å²) in [6.45, 7) is 9.08. The van der Waals surface area contributed by atoms with Crippen LogP contribution in [-0.2, 0) is 6.42 Å². The van der Waals surface area contributed by atoms with Gasteiger partial charge in [-0.15, -0.1) is 0 Å². The Kier molecular flexibility index (Phi) is 3.58. The summed E-state index contributed by atoms with van der Waals surface area (Å²) < 4.78 is 0. The van der Waals surface area contributed by atoms with Crippen LogP contribution in [-0.4, -0.2) is 16.4 Å². The Labute approximate surface area is 105 Å². The molecule has 1 aromatic carbocycles. The van der Waals surface area contributed by atoms with Gasteiger partial charge in [0.05, 0.1) is 0 Å². The summed E-state index contributed by atoms with van der Waals surface area (Å²) in [6.07, 6.45) is 0.726. The van der Waals surface area contributed by atoms with E-state index in [0.29, 0.717) is 17.1 Å². The summed E-state index contributed by atoms with van der Waals surface area (Å²) in [4.78, 5) is 0. The molecule has 1 N–H and O–H groups in total. The van der Waals surface area contributed by atoms with E-state index in [9.17, 15) is 5.11 Å². The molecule has 2 rings (SSSR count). The number of fused-ring (bicyclic) bond motifs is 1. The summed E-state index contributed by atoms with van der Waals surface area (Å²) in [5.41, 5.74) is 3.81. The summed E-state index contributed by atoms with van der Waals surface area (Å²) in [5.74, 6) is 0.611. The molecule has 0 bridgehead atoms. The highest BCUT2D eigenvalue weighted by atomic mass is 31.1. The second kappa shape index (κ2) is 4.82. The van der Waals surface area contributed by atoms with Crippen LogP contribution in [0.15, 0.2) is 30.0 Å². The average Bonchev–Trinajstić information content (AvgIpc) is 2.55. The minimum absolute atomic E-state index is 0.276. The minimum atomic E-state index is -0.276. The van der Waals surface area contributed by atoms with Crippen molar-refractivity contribution in [2.24, 2.45) is 0 Å². The number of hydrogen-bond acceptors (Lipinski definition) is 1. The molecule has 1 aromatic rings. The van der Waals surface area contributed by atoms with Gasteiger partial charge in [0.1, 0.15) is 5.76 Å². The highest BCUT2D eigenvalue weighted by Crippen LogP contribution is 2.61. The normalized spacial score (nSPS) is 15.2. The van der Waals surface area contributed by atoms with Crippen LogP contribution in [0.4, 0.5) is 0 Å². The summed E-state index contributed by atoms with van der Waals surface area (Å²) in [6, 6.07) is 8.42. The van der Waals surface area contributed by atoms with E-state index < -0.39 is 0 Å². The molecule has 0 heterocycles. The molecular weight excluding hydrogens is 227 g/mol. The fourth-order valence-corrected chi connectivity index (χ4v) is 5.82. The molecule has 0 saturated carbocycles. The van der Waals surface area contributed by atoms with Crippen molar-refractivity contribution in [3.05, 3.63) is 41.2 Å². The van der Waals surface area contributed by atoms with Crippen molar-refractivity contribution in [1.29, 1.82) is 0 Å². The molecule has 17 heavy (non-hydrogen) atoms. The number of rotatable bonds is 3. The van der Waals surface area contributed by atoms with Gasteiger partial charge in [0.15, 0.2) is 0 Å². The van der Waals surface area contributed by atoms with Gasteiger partial charge in [-0.3, -0.25) is 0 Å². The van der Waals surface area contributed by atoms with Gasteiger partial charge in [-0.1, -0.05) is 59.9 Å². The van der Waals surface area contributed by atoms with Gasteiger partial charge in [-0.25, -0.2) is 0 Å². The fourth-order valence-electron chi connectivity index (χ4n) is 2.73. The lowest BCUT2D eigenvalue weighted by molar-refractivity contribution is 0.407. The molecule has 0 unspecified atom stereocenters. The molecule has 0 saturated heterocycles. The molecule has 1 nitrogen and oxygen atoms in total. The van der Waals surface area contributed by atoms with Crippen LogP contribution in [0.25, 0.3) is 5.31 Å². The maximum atomic E-state index is 10.3. The van der Waals surface area contributed by atoms with Crippen molar-refractivity contribution in [2.75, 3.05) is 0 Å². The van der Waals surface area contributed by atoms with E-state index in [2.05, 4.69) is 52.0 Å². The first-order chi connectivity index (χ1) is 8.02. The van der Waals surface area contributed by atoms with E-state index in [1.54, 1.807) is 0 Å². The standard InChI is InChI=1S/C15H21OP/c1-10(2)17(11(3)4)15-13-8-6-5-7-12(13)9-14(15)16/h5-8,10-11,16H,9H2,1-4H3. The average molecular weight is 248 g/mol. The number of aliphatic hydroxyl groups is 1. The molecule has 0 radical (unpaired) electrons. The number of hydrogen-bond donors (Lipinski definition) is 1. The first-order valence-corrected chi connectivity index (χ1v) is 7.79. The Hall–Kier alpha value is -0.810. The maximum absolute atomic E-state index is 10.3. The van der Waals surface area contributed by atoms with Gasteiger partial charge in [0.2, 0.25) is 0 Å². The Morgan fingerprint density at radius 2 is 1.65 bits per heavy atom. The smallest absolute Gasteiger partial charge is 0.105 e. The third-order valence-electron chi connectivity index (χ3n) is 3.27. The van der Waals surface area contributed by atoms with E-state index in [0.717, 1.165) is 6.42 Å². The largest absolute Gasteiger partial charge is 0.511 e. The fraction of sp³-hybridized carbons (Fsp3) is 0.467. The molecule has 0 atom stereocenters. The van der Waals surface area contributed by atoms with Gasteiger partial charge in [-0.2, -0.15) is 0 Å². The Bertz CT molecular complexity index is 438. The predicted octanol–water partition coefficient (Wildman–Crippen LogP) is 4.77. The van der Waals surface area contributed by atoms with Gasteiger partial charge in [-0.05, 0) is 22.4 Å². The van der Waals surface area contributed by atoms with Crippen LogP contribution in [0.5, 0.6) is 0 Å². The Morgan fingerprint density at radius 3 is 2.24 bits per heavy atom. The van der Waals surface area contributed by atoms with Crippen molar-refractivity contribution in [3.63, 3.8) is 0 Å². The molecule has 1 aliphatic carbocycles. The van der Waals surface area contributed by atoms with Crippen LogP contribution >= 0.6 is 7.92 Å². The third-order valence-corrected chi connectivity index (χ3v) is 6.52. The van der Waals surface area contributed by atoms with Crippen molar-refractivity contribution in [1.82, 2.24) is 0 Å². The monoisotopic (exact) mass is 248 g/mol. The van der Waals surface area contributed by atoms with E-state index in [-0.39, 0.29) is 7.92 Å². The van der Waals surface area contributed by atoms with Crippen LogP contribution in [0.2, 0.25) is 0 Å². The molecule has 1 aliphatic rings. The zero-order chi connectivity index (χ0) is 12.6. The number of allylic oxidation sites excluding steroid dienone is 1. The van der Waals surface area contributed by atoms with Crippen molar-refractivity contribution in [3.8, 4) is 0 Å². The van der Waals surface area contributed by atoms with Crippen molar-refractivity contribution >= 4 is 13.2 Å². The molecule has 0 aromatic heterocycles. The Morgan fingerprint density at radius 1 is 1.06 bits per heavy atom. The van der Waals surface area contributed by atoms with Gasteiger partial charge in [0, 0.05) is 11.7 Å². The van der Waals surface area contributed by atoms with Crippen LogP contribution in [0.1, 0.15) is 38.8 Å². The lowest BCUT2D eigenvalue weighted by atomic mass is 10.1. The topological polar surface area (TPSA) is 20.2 Å². The van der Waals surface area contributed by atoms with Gasteiger partial charge >= 0.3 is 0 Å². The van der Waals surface area contributed by atoms with Crippen molar-refractivity contribution in [2.45, 2.75) is 45.4 Å². The highest BCUT2D eigenvalue weighted by molar-refractivity contribution is 7.69. The zero-order valence-electron chi connectivity index (χ0n) is 11.1. The van der Waals surface area contributed by atoms with Crippen molar-refractivity contribution < 1.29 is 5.11 Å². The quantitative estimate of drug-likeness (QED) is 0.764. The van der Waals surface area contributed by atoms with E-state index in [4.69, 9.17) is 0 Å². The molecule has 0 spiro atoms. The number of aliphatic hydroxyl groups excluding tert-OH is 1. The Balaban J connectivity index is 2.47. The predicted molar refractivity (Wildman–Crippen MR) is 76.9 cm³/mol. The van der Waals surface area contributed by atoms with Crippen LogP contribution in [0, 0.1) is 0 Å². The number of benzene rings is 1. The summed E-state index contributed by atoms with van der Waals surface area (Å²) in [7, 11) is -0.276. The second-order valence-corrected chi connectivity index (χ2v) is 8.55. The first kappa shape index (κ1) is 12.6. The first-order valence-electron chi connectivity index (χ1n) is 6.31. The van der Waals surface area contributed by atoms with E-state index >= 15 is 0 Å². The molecular formula is C15H21OP. The van der Waals surface area contributed by atoms with Crippen LogP contribution in [0.3, 0.4) is 0 Å². The summed E-state index contributed by atoms with van der Waals surface area (Å²) >= 11 is 0. The zero-order valence-corrected chi connectivity index (χ0v) is 12.0. The lowest BCUT2D eigenvalue weighted by Gasteiger charge is -2.28. The third kappa shape index (κ3) is 2.26. The molecule has 92 valence electrons. The highest BCUT2D eigenvalue weighted by Gasteiger charge is 2.30. The maximum Gasteiger partial charge on any atom is 0.105 e. The van der Waals surface area contributed by atoms with Crippen LogP contribution < -0.4 is 0 Å². The SMILES string of the molecule is CC(C)P(C1=C(O)Cc2ccccc21)C(C)C. The molecule has 0 fully saturated rings. The second-order valence-electron chi connectivity index (χ2n) is 5.22. The minimum Gasteiger partial charge on any atom is -0.511 e. The van der Waals surface area contributed by atoms with Gasteiger partial charge in [0.25, 0.3) is 0 Å². The van der Waals surface area contributed by atoms with Gasteiger partial charge < -0.3 is 5.11 Å². The molecule has 2 heteroatoms. The lowest BCUT2D eigenvalue weighted by Crippen LogP contribution is -2.05. The van der Waals surface area contributed by atoms with E-state index in [1.165, 1.54) is 16.4 Å². The molecule has 0 amide bonds. The van der Waals surface area contributed by atoms with E-state index in [1.807, 2.05) is 0 Å². The summed E-state index contributed by atoms with van der Waals surface area (Å²) in [5, 5.41) is 11.5.